The van der Waals surface area contributed by atoms with Crippen molar-refractivity contribution in [2.45, 2.75) is 13.0 Å². The molecular formula is C10H8BrClN2O2. The van der Waals surface area contributed by atoms with E-state index in [1.807, 2.05) is 19.1 Å². The highest BCUT2D eigenvalue weighted by Crippen LogP contribution is 2.23. The van der Waals surface area contributed by atoms with Gasteiger partial charge in [0.2, 0.25) is 4.73 Å². The van der Waals surface area contributed by atoms with E-state index in [2.05, 4.69) is 26.1 Å². The lowest BCUT2D eigenvalue weighted by atomic mass is 10.3. The van der Waals surface area contributed by atoms with E-state index in [0.29, 0.717) is 21.4 Å². The first-order chi connectivity index (χ1) is 7.65. The predicted octanol–water partition coefficient (Wildman–Crippen LogP) is 3.63. The van der Waals surface area contributed by atoms with Crippen molar-refractivity contribution in [3.8, 4) is 5.75 Å². The molecule has 1 unspecified atom stereocenters. The summed E-state index contributed by atoms with van der Waals surface area (Å²) < 4.78 is 11.0. The minimum Gasteiger partial charge on any atom is -0.481 e. The molecule has 0 aliphatic carbocycles. The fourth-order valence-electron chi connectivity index (χ4n) is 1.18. The Morgan fingerprint density at radius 2 is 2.31 bits per heavy atom. The van der Waals surface area contributed by atoms with Crippen LogP contribution in [-0.4, -0.2) is 10.1 Å². The number of benzene rings is 1. The molecule has 1 atom stereocenters. The summed E-state index contributed by atoms with van der Waals surface area (Å²) in [4.78, 5) is 4.01. The highest BCUT2D eigenvalue weighted by Gasteiger charge is 2.14. The molecule has 0 aliphatic heterocycles. The Hall–Kier alpha value is -1.07. The van der Waals surface area contributed by atoms with Gasteiger partial charge in [-0.2, -0.15) is 4.98 Å². The maximum atomic E-state index is 5.84. The summed E-state index contributed by atoms with van der Waals surface area (Å²) in [5, 5.41) is 4.24. The summed E-state index contributed by atoms with van der Waals surface area (Å²) in [5.41, 5.74) is 0. The molecule has 4 nitrogen and oxygen atoms in total. The van der Waals surface area contributed by atoms with E-state index in [0.717, 1.165) is 0 Å². The second kappa shape index (κ2) is 4.84. The van der Waals surface area contributed by atoms with E-state index >= 15 is 0 Å². The molecule has 0 fully saturated rings. The van der Waals surface area contributed by atoms with Crippen molar-refractivity contribution in [1.82, 2.24) is 10.1 Å². The quantitative estimate of drug-likeness (QED) is 0.869. The summed E-state index contributed by atoms with van der Waals surface area (Å²) >= 11 is 8.94. The van der Waals surface area contributed by atoms with E-state index in [-0.39, 0.29) is 6.10 Å². The molecule has 0 aliphatic rings. The van der Waals surface area contributed by atoms with Gasteiger partial charge in [0, 0.05) is 5.02 Å². The molecule has 0 radical (unpaired) electrons. The van der Waals surface area contributed by atoms with Crippen molar-refractivity contribution in [2.75, 3.05) is 0 Å². The van der Waals surface area contributed by atoms with Crippen LogP contribution in [0, 0.1) is 0 Å². The molecule has 0 bridgehead atoms. The fraction of sp³-hybridized carbons (Fsp3) is 0.200. The van der Waals surface area contributed by atoms with Crippen LogP contribution < -0.4 is 4.74 Å². The molecule has 1 aromatic heterocycles. The first-order valence-electron chi connectivity index (χ1n) is 4.56. The minimum absolute atomic E-state index is 0.322. The van der Waals surface area contributed by atoms with E-state index < -0.39 is 0 Å². The molecule has 0 amide bonds. The Balaban J connectivity index is 2.10. The van der Waals surface area contributed by atoms with Gasteiger partial charge in [0.15, 0.2) is 6.10 Å². The highest BCUT2D eigenvalue weighted by molar-refractivity contribution is 9.10. The highest BCUT2D eigenvalue weighted by atomic mass is 79.9. The summed E-state index contributed by atoms with van der Waals surface area (Å²) in [6.07, 6.45) is -0.322. The third kappa shape index (κ3) is 2.74. The van der Waals surface area contributed by atoms with E-state index in [9.17, 15) is 0 Å². The molecule has 6 heteroatoms. The number of rotatable bonds is 3. The molecule has 1 heterocycles. The van der Waals surface area contributed by atoms with Crippen molar-refractivity contribution in [3.63, 3.8) is 0 Å². The van der Waals surface area contributed by atoms with Gasteiger partial charge in [0.05, 0.1) is 0 Å². The average molecular weight is 304 g/mol. The first-order valence-corrected chi connectivity index (χ1v) is 5.73. The third-order valence-corrected chi connectivity index (χ3v) is 2.43. The first kappa shape index (κ1) is 11.4. The van der Waals surface area contributed by atoms with Gasteiger partial charge < -0.3 is 9.26 Å². The van der Waals surface area contributed by atoms with E-state index in [4.69, 9.17) is 20.9 Å². The van der Waals surface area contributed by atoms with Crippen LogP contribution in [0.1, 0.15) is 18.9 Å². The second-order valence-electron chi connectivity index (χ2n) is 3.12. The zero-order valence-electron chi connectivity index (χ0n) is 8.35. The summed E-state index contributed by atoms with van der Waals surface area (Å²) in [6, 6.07) is 7.13. The zero-order valence-corrected chi connectivity index (χ0v) is 10.7. The molecule has 2 rings (SSSR count). The zero-order chi connectivity index (χ0) is 11.5. The molecule has 0 saturated heterocycles. The van der Waals surface area contributed by atoms with Gasteiger partial charge >= 0.3 is 0 Å². The molecule has 0 spiro atoms. The normalized spacial score (nSPS) is 12.4. The molecule has 2 aromatic rings. The van der Waals surface area contributed by atoms with Crippen molar-refractivity contribution in [1.29, 1.82) is 0 Å². The Morgan fingerprint density at radius 1 is 1.50 bits per heavy atom. The second-order valence-corrected chi connectivity index (χ2v) is 4.26. The monoisotopic (exact) mass is 302 g/mol. The Labute approximate surface area is 106 Å². The number of nitrogens with zero attached hydrogens (tertiary/aromatic N) is 2. The van der Waals surface area contributed by atoms with Gasteiger partial charge in [-0.1, -0.05) is 17.7 Å². The van der Waals surface area contributed by atoms with E-state index in [1.54, 1.807) is 12.1 Å². The molecular weight excluding hydrogens is 295 g/mol. The number of hydrogen-bond donors (Lipinski definition) is 0. The van der Waals surface area contributed by atoms with Gasteiger partial charge in [-0.3, -0.25) is 0 Å². The average Bonchev–Trinajstić information content (AvgIpc) is 2.65. The maximum absolute atomic E-state index is 5.84. The smallest absolute Gasteiger partial charge is 0.268 e. The Bertz CT molecular complexity index is 489. The molecule has 84 valence electrons. The Kier molecular flexibility index (Phi) is 3.46. The molecule has 16 heavy (non-hydrogen) atoms. The number of aromatic nitrogens is 2. The van der Waals surface area contributed by atoms with Crippen LogP contribution >= 0.6 is 27.5 Å². The van der Waals surface area contributed by atoms with Crippen molar-refractivity contribution >= 4 is 27.5 Å². The SMILES string of the molecule is CC(Oc1cccc(Cl)c1)c1nc(Br)no1. The van der Waals surface area contributed by atoms with Crippen LogP contribution in [0.3, 0.4) is 0 Å². The molecule has 0 N–H and O–H groups in total. The summed E-state index contributed by atoms with van der Waals surface area (Å²) in [5.74, 6) is 1.07. The number of hydrogen-bond acceptors (Lipinski definition) is 4. The minimum atomic E-state index is -0.322. The van der Waals surface area contributed by atoms with Crippen molar-refractivity contribution in [2.24, 2.45) is 0 Å². The standard InChI is InChI=1S/C10H8BrClN2O2/c1-6(9-13-10(11)14-16-9)15-8-4-2-3-7(12)5-8/h2-6H,1H3. The van der Waals surface area contributed by atoms with Crippen LogP contribution in [0.25, 0.3) is 0 Å². The number of halogens is 2. The van der Waals surface area contributed by atoms with E-state index in [1.165, 1.54) is 0 Å². The molecule has 1 aromatic carbocycles. The van der Waals surface area contributed by atoms with Crippen LogP contribution in [0.5, 0.6) is 5.75 Å². The van der Waals surface area contributed by atoms with Crippen LogP contribution in [-0.2, 0) is 0 Å². The van der Waals surface area contributed by atoms with Gasteiger partial charge in [0.1, 0.15) is 5.75 Å². The van der Waals surface area contributed by atoms with Crippen LogP contribution in [0.2, 0.25) is 5.02 Å². The lowest BCUT2D eigenvalue weighted by Gasteiger charge is -2.10. The van der Waals surface area contributed by atoms with Crippen molar-refractivity contribution < 1.29 is 9.26 Å². The fourth-order valence-corrected chi connectivity index (χ4v) is 1.60. The summed E-state index contributed by atoms with van der Waals surface area (Å²) in [7, 11) is 0. The van der Waals surface area contributed by atoms with Crippen LogP contribution in [0.15, 0.2) is 33.5 Å². The lowest BCUT2D eigenvalue weighted by Crippen LogP contribution is -2.03. The van der Waals surface area contributed by atoms with Gasteiger partial charge in [-0.15, -0.1) is 0 Å². The largest absolute Gasteiger partial charge is 0.481 e. The van der Waals surface area contributed by atoms with Gasteiger partial charge in [-0.25, -0.2) is 0 Å². The topological polar surface area (TPSA) is 48.2 Å². The lowest BCUT2D eigenvalue weighted by molar-refractivity contribution is 0.175. The van der Waals surface area contributed by atoms with Crippen LogP contribution in [0.4, 0.5) is 0 Å². The predicted molar refractivity (Wildman–Crippen MR) is 62.5 cm³/mol. The van der Waals surface area contributed by atoms with Crippen molar-refractivity contribution in [3.05, 3.63) is 39.9 Å². The van der Waals surface area contributed by atoms with Gasteiger partial charge in [0.25, 0.3) is 5.89 Å². The Morgan fingerprint density at radius 3 is 2.94 bits per heavy atom. The molecule has 0 saturated carbocycles. The maximum Gasteiger partial charge on any atom is 0.268 e. The van der Waals surface area contributed by atoms with Gasteiger partial charge in [-0.05, 0) is 46.2 Å². The number of ether oxygens (including phenoxy) is 1. The third-order valence-electron chi connectivity index (χ3n) is 1.87. The summed E-state index contributed by atoms with van der Waals surface area (Å²) in [6.45, 7) is 1.82.